The quantitative estimate of drug-likeness (QED) is 0.581. The molecule has 5 heteroatoms. The molecule has 1 rings (SSSR count). The van der Waals surface area contributed by atoms with Gasteiger partial charge in [-0.2, -0.15) is 0 Å². The van der Waals surface area contributed by atoms with E-state index in [1.165, 1.54) is 38.4 Å². The molecule has 1 radical (unpaired) electrons. The van der Waals surface area contributed by atoms with Crippen molar-refractivity contribution < 1.29 is 14.7 Å². The van der Waals surface area contributed by atoms with Gasteiger partial charge < -0.3 is 16.2 Å². The highest BCUT2D eigenvalue weighted by molar-refractivity contribution is 5.81. The van der Waals surface area contributed by atoms with E-state index in [0.29, 0.717) is 6.42 Å². The van der Waals surface area contributed by atoms with Gasteiger partial charge in [0.05, 0.1) is 0 Å². The van der Waals surface area contributed by atoms with Gasteiger partial charge in [-0.3, -0.25) is 9.59 Å². The average Bonchev–Trinajstić information content (AvgIpc) is 2.40. The summed E-state index contributed by atoms with van der Waals surface area (Å²) >= 11 is 0. The minimum atomic E-state index is -2.03. The number of hydrogen-bond donors (Lipinski definition) is 3. The van der Waals surface area contributed by atoms with Crippen LogP contribution in [0.15, 0.2) is 0 Å². The van der Waals surface area contributed by atoms with Crippen molar-refractivity contribution in [2.24, 2.45) is 11.7 Å². The largest absolute Gasteiger partial charge is 0.363 e. The lowest BCUT2D eigenvalue weighted by atomic mass is 9.86. The van der Waals surface area contributed by atoms with Crippen LogP contribution in [-0.4, -0.2) is 29.6 Å². The van der Waals surface area contributed by atoms with E-state index in [1.807, 2.05) is 0 Å². The second-order valence-corrected chi connectivity index (χ2v) is 5.11. The first kappa shape index (κ1) is 15.1. The Morgan fingerprint density at radius 3 is 2.61 bits per heavy atom. The minimum absolute atomic E-state index is 0.320. The molecule has 0 spiro atoms. The summed E-state index contributed by atoms with van der Waals surface area (Å²) in [6.07, 6.45) is 9.94. The predicted octanol–water partition coefficient (Wildman–Crippen LogP) is 0.610. The van der Waals surface area contributed by atoms with Crippen LogP contribution in [0.3, 0.4) is 0 Å². The van der Waals surface area contributed by atoms with Crippen LogP contribution in [0.25, 0.3) is 0 Å². The maximum absolute atomic E-state index is 11.5. The Hall–Kier alpha value is -0.940. The molecule has 1 amide bonds. The fourth-order valence-electron chi connectivity index (χ4n) is 2.44. The van der Waals surface area contributed by atoms with Gasteiger partial charge in [0.2, 0.25) is 11.6 Å². The van der Waals surface area contributed by atoms with E-state index in [2.05, 4.69) is 5.32 Å². The molecule has 103 valence electrons. The molecule has 0 aliphatic heterocycles. The SMILES string of the molecule is NCC(O)([C]=O)NC(=O)CCCC1CCCCC1. The van der Waals surface area contributed by atoms with Crippen molar-refractivity contribution in [3.63, 3.8) is 0 Å². The Labute approximate surface area is 108 Å². The van der Waals surface area contributed by atoms with Crippen molar-refractivity contribution in [3.05, 3.63) is 0 Å². The average molecular weight is 255 g/mol. The third-order valence-electron chi connectivity index (χ3n) is 3.55. The molecule has 1 aliphatic carbocycles. The number of carbonyl (C=O) groups is 1. The van der Waals surface area contributed by atoms with E-state index in [9.17, 15) is 14.7 Å². The van der Waals surface area contributed by atoms with Gasteiger partial charge in [-0.25, -0.2) is 0 Å². The van der Waals surface area contributed by atoms with Crippen LogP contribution < -0.4 is 11.1 Å². The lowest BCUT2D eigenvalue weighted by Gasteiger charge is -2.22. The monoisotopic (exact) mass is 255 g/mol. The Bertz CT molecular complexity index is 277. The van der Waals surface area contributed by atoms with Crippen molar-refractivity contribution in [1.29, 1.82) is 0 Å². The van der Waals surface area contributed by atoms with Gasteiger partial charge in [-0.1, -0.05) is 32.1 Å². The fourth-order valence-corrected chi connectivity index (χ4v) is 2.44. The zero-order valence-corrected chi connectivity index (χ0v) is 10.8. The Morgan fingerprint density at radius 1 is 1.39 bits per heavy atom. The molecule has 1 fully saturated rings. The van der Waals surface area contributed by atoms with Crippen LogP contribution in [0.2, 0.25) is 0 Å². The number of hydrogen-bond acceptors (Lipinski definition) is 4. The van der Waals surface area contributed by atoms with Crippen molar-refractivity contribution in [3.8, 4) is 0 Å². The van der Waals surface area contributed by atoms with Gasteiger partial charge in [-0.15, -0.1) is 0 Å². The molecule has 1 aliphatic rings. The first-order valence-corrected chi connectivity index (χ1v) is 6.72. The van der Waals surface area contributed by atoms with Crippen molar-refractivity contribution >= 4 is 12.2 Å². The van der Waals surface area contributed by atoms with Gasteiger partial charge in [0.15, 0.2) is 0 Å². The molecular formula is C13H23N2O3. The number of rotatable bonds is 7. The standard InChI is InChI=1S/C13H23N2O3/c14-9-13(18,10-16)15-12(17)8-4-7-11-5-2-1-3-6-11/h11,18H,1-9,14H2,(H,15,17). The summed E-state index contributed by atoms with van der Waals surface area (Å²) in [5.74, 6) is 0.389. The summed E-state index contributed by atoms with van der Waals surface area (Å²) in [6.45, 7) is -0.356. The third kappa shape index (κ3) is 5.14. The molecule has 0 aromatic heterocycles. The normalized spacial score (nSPS) is 20.1. The van der Waals surface area contributed by atoms with E-state index in [4.69, 9.17) is 5.73 Å². The molecular weight excluding hydrogens is 232 g/mol. The predicted molar refractivity (Wildman–Crippen MR) is 68.3 cm³/mol. The van der Waals surface area contributed by atoms with E-state index in [0.717, 1.165) is 18.8 Å². The van der Waals surface area contributed by atoms with Gasteiger partial charge in [-0.05, 0) is 18.8 Å². The topological polar surface area (TPSA) is 92.4 Å². The highest BCUT2D eigenvalue weighted by atomic mass is 16.3. The molecule has 0 aromatic rings. The molecule has 0 saturated heterocycles. The summed E-state index contributed by atoms with van der Waals surface area (Å²) in [4.78, 5) is 22.0. The molecule has 18 heavy (non-hydrogen) atoms. The maximum Gasteiger partial charge on any atom is 0.257 e. The molecule has 1 unspecified atom stereocenters. The number of amides is 1. The fraction of sp³-hybridized carbons (Fsp3) is 0.846. The van der Waals surface area contributed by atoms with E-state index >= 15 is 0 Å². The van der Waals surface area contributed by atoms with Gasteiger partial charge >= 0.3 is 0 Å². The highest BCUT2D eigenvalue weighted by Gasteiger charge is 2.27. The number of aliphatic hydroxyl groups is 1. The Balaban J connectivity index is 2.18. The molecule has 0 bridgehead atoms. The Kier molecular flexibility index (Phi) is 6.29. The first-order chi connectivity index (χ1) is 8.59. The highest BCUT2D eigenvalue weighted by Crippen LogP contribution is 2.27. The lowest BCUT2D eigenvalue weighted by molar-refractivity contribution is -0.125. The lowest BCUT2D eigenvalue weighted by Crippen LogP contribution is -2.55. The summed E-state index contributed by atoms with van der Waals surface area (Å²) in [5, 5.41) is 11.7. The third-order valence-corrected chi connectivity index (χ3v) is 3.55. The minimum Gasteiger partial charge on any atom is -0.363 e. The number of nitrogens with one attached hydrogen (secondary N) is 1. The first-order valence-electron chi connectivity index (χ1n) is 6.72. The summed E-state index contributed by atoms with van der Waals surface area (Å²) < 4.78 is 0. The molecule has 4 N–H and O–H groups in total. The van der Waals surface area contributed by atoms with Crippen molar-refractivity contribution in [1.82, 2.24) is 5.32 Å². The van der Waals surface area contributed by atoms with Crippen LogP contribution in [0.5, 0.6) is 0 Å². The summed E-state index contributed by atoms with van der Waals surface area (Å²) in [5.41, 5.74) is 3.16. The summed E-state index contributed by atoms with van der Waals surface area (Å²) in [7, 11) is 0. The zero-order valence-electron chi connectivity index (χ0n) is 10.8. The second-order valence-electron chi connectivity index (χ2n) is 5.11. The number of carbonyl (C=O) groups excluding carboxylic acids is 2. The van der Waals surface area contributed by atoms with Crippen LogP contribution in [0.1, 0.15) is 51.4 Å². The van der Waals surface area contributed by atoms with Gasteiger partial charge in [0.25, 0.3) is 6.29 Å². The molecule has 1 atom stereocenters. The smallest absolute Gasteiger partial charge is 0.257 e. The van der Waals surface area contributed by atoms with Gasteiger partial charge in [0.1, 0.15) is 0 Å². The Morgan fingerprint density at radius 2 is 2.06 bits per heavy atom. The molecule has 0 heterocycles. The molecule has 5 nitrogen and oxygen atoms in total. The second kappa shape index (κ2) is 7.48. The van der Waals surface area contributed by atoms with Gasteiger partial charge in [0, 0.05) is 13.0 Å². The molecule has 0 aromatic carbocycles. The maximum atomic E-state index is 11.5. The van der Waals surface area contributed by atoms with Crippen LogP contribution in [-0.2, 0) is 9.59 Å². The van der Waals surface area contributed by atoms with Crippen molar-refractivity contribution in [2.75, 3.05) is 6.54 Å². The number of nitrogens with two attached hydrogens (primary N) is 1. The van der Waals surface area contributed by atoms with E-state index in [-0.39, 0.29) is 12.5 Å². The van der Waals surface area contributed by atoms with Crippen LogP contribution in [0, 0.1) is 5.92 Å². The zero-order chi connectivity index (χ0) is 13.4. The van der Waals surface area contributed by atoms with Crippen LogP contribution >= 0.6 is 0 Å². The van der Waals surface area contributed by atoms with E-state index < -0.39 is 5.72 Å². The van der Waals surface area contributed by atoms with Crippen LogP contribution in [0.4, 0.5) is 0 Å². The van der Waals surface area contributed by atoms with E-state index in [1.54, 1.807) is 0 Å². The summed E-state index contributed by atoms with van der Waals surface area (Å²) in [6, 6.07) is 0. The molecule has 1 saturated carbocycles. The van der Waals surface area contributed by atoms with Crippen molar-refractivity contribution in [2.45, 2.75) is 57.1 Å².